The van der Waals surface area contributed by atoms with Crippen LogP contribution in [0.1, 0.15) is 28.0 Å². The molecule has 1 heterocycles. The van der Waals surface area contributed by atoms with Crippen LogP contribution >= 0.6 is 0 Å². The van der Waals surface area contributed by atoms with E-state index in [0.29, 0.717) is 18.9 Å². The molecule has 5 heteroatoms. The highest BCUT2D eigenvalue weighted by Gasteiger charge is 2.15. The van der Waals surface area contributed by atoms with Gasteiger partial charge in [0.2, 0.25) is 0 Å². The van der Waals surface area contributed by atoms with Crippen LogP contribution in [-0.4, -0.2) is 26.7 Å². The largest absolute Gasteiger partial charge is 0.453 e. The van der Waals surface area contributed by atoms with E-state index in [1.165, 1.54) is 0 Å². The maximum absolute atomic E-state index is 12.0. The van der Waals surface area contributed by atoms with Crippen LogP contribution in [0.25, 0.3) is 0 Å². The van der Waals surface area contributed by atoms with Gasteiger partial charge in [0.15, 0.2) is 5.76 Å². The van der Waals surface area contributed by atoms with Gasteiger partial charge in [-0.05, 0) is 17.7 Å². The van der Waals surface area contributed by atoms with E-state index in [4.69, 9.17) is 13.9 Å². The van der Waals surface area contributed by atoms with E-state index in [1.807, 2.05) is 30.3 Å². The highest BCUT2D eigenvalue weighted by molar-refractivity contribution is 5.91. The molecule has 1 N–H and O–H groups in total. The Morgan fingerprint density at radius 1 is 1.19 bits per heavy atom. The van der Waals surface area contributed by atoms with Crippen molar-refractivity contribution in [2.75, 3.05) is 20.8 Å². The highest BCUT2D eigenvalue weighted by Crippen LogP contribution is 2.15. The fraction of sp³-hybridized carbons (Fsp3) is 0.312. The predicted molar refractivity (Wildman–Crippen MR) is 77.9 cm³/mol. The molecule has 112 valence electrons. The summed E-state index contributed by atoms with van der Waals surface area (Å²) in [6.07, 6.45) is -0.191. The van der Waals surface area contributed by atoms with E-state index >= 15 is 0 Å². The van der Waals surface area contributed by atoms with Gasteiger partial charge in [0.05, 0.1) is 6.10 Å². The number of benzene rings is 1. The van der Waals surface area contributed by atoms with Crippen molar-refractivity contribution in [3.63, 3.8) is 0 Å². The minimum atomic E-state index is -0.268. The van der Waals surface area contributed by atoms with Crippen LogP contribution in [0.3, 0.4) is 0 Å². The number of furan rings is 1. The topological polar surface area (TPSA) is 60.7 Å². The molecule has 2 rings (SSSR count). The maximum atomic E-state index is 12.0. The average molecular weight is 289 g/mol. The fourth-order valence-corrected chi connectivity index (χ4v) is 2.00. The van der Waals surface area contributed by atoms with E-state index in [0.717, 1.165) is 5.56 Å². The van der Waals surface area contributed by atoms with Crippen LogP contribution in [-0.2, 0) is 16.1 Å². The van der Waals surface area contributed by atoms with Crippen LogP contribution in [0.15, 0.2) is 46.9 Å². The Kier molecular flexibility index (Phi) is 5.54. The molecular weight excluding hydrogens is 270 g/mol. The van der Waals surface area contributed by atoms with Gasteiger partial charge in [-0.15, -0.1) is 0 Å². The number of rotatable bonds is 7. The zero-order chi connectivity index (χ0) is 15.1. The standard InChI is InChI=1S/C16H19NO4/c1-19-11-13-8-9-14(21-13)16(18)17-10-15(20-2)12-6-4-3-5-7-12/h3-9,15H,10-11H2,1-2H3,(H,17,18)/t15-/m1/s1. The van der Waals surface area contributed by atoms with Crippen molar-refractivity contribution in [2.24, 2.45) is 0 Å². The first kappa shape index (κ1) is 15.3. The van der Waals surface area contributed by atoms with Crippen LogP contribution in [0, 0.1) is 0 Å². The maximum Gasteiger partial charge on any atom is 0.287 e. The summed E-state index contributed by atoms with van der Waals surface area (Å²) in [6.45, 7) is 0.720. The molecule has 5 nitrogen and oxygen atoms in total. The number of methoxy groups -OCH3 is 2. The number of amides is 1. The van der Waals surface area contributed by atoms with E-state index < -0.39 is 0 Å². The van der Waals surface area contributed by atoms with Crippen molar-refractivity contribution in [3.05, 3.63) is 59.5 Å². The molecule has 0 unspecified atom stereocenters. The third-order valence-electron chi connectivity index (χ3n) is 3.08. The molecule has 1 aromatic carbocycles. The minimum Gasteiger partial charge on any atom is -0.453 e. The number of carbonyl (C=O) groups excluding carboxylic acids is 1. The van der Waals surface area contributed by atoms with E-state index in [2.05, 4.69) is 5.32 Å². The number of carbonyl (C=O) groups is 1. The molecule has 1 atom stereocenters. The lowest BCUT2D eigenvalue weighted by atomic mass is 10.1. The van der Waals surface area contributed by atoms with Crippen LogP contribution < -0.4 is 5.32 Å². The zero-order valence-electron chi connectivity index (χ0n) is 12.2. The Bertz CT molecular complexity index is 565. The Balaban J connectivity index is 1.93. The van der Waals surface area contributed by atoms with Gasteiger partial charge >= 0.3 is 0 Å². The molecule has 0 saturated carbocycles. The Hall–Kier alpha value is -2.11. The predicted octanol–water partition coefficient (Wildman–Crippen LogP) is 2.54. The number of nitrogens with one attached hydrogen (secondary N) is 1. The lowest BCUT2D eigenvalue weighted by molar-refractivity contribution is 0.0801. The number of ether oxygens (including phenoxy) is 2. The van der Waals surface area contributed by atoms with Gasteiger partial charge in [-0.25, -0.2) is 0 Å². The quantitative estimate of drug-likeness (QED) is 0.851. The van der Waals surface area contributed by atoms with Crippen molar-refractivity contribution >= 4 is 5.91 Å². The van der Waals surface area contributed by atoms with Gasteiger partial charge in [-0.2, -0.15) is 0 Å². The summed E-state index contributed by atoms with van der Waals surface area (Å²) < 4.78 is 15.7. The van der Waals surface area contributed by atoms with E-state index in [-0.39, 0.29) is 17.8 Å². The lowest BCUT2D eigenvalue weighted by Crippen LogP contribution is -2.28. The Morgan fingerprint density at radius 2 is 1.95 bits per heavy atom. The first-order valence-electron chi connectivity index (χ1n) is 6.68. The second-order valence-corrected chi connectivity index (χ2v) is 4.54. The average Bonchev–Trinajstić information content (AvgIpc) is 2.98. The highest BCUT2D eigenvalue weighted by atomic mass is 16.5. The van der Waals surface area contributed by atoms with Crippen molar-refractivity contribution < 1.29 is 18.7 Å². The Morgan fingerprint density at radius 3 is 2.62 bits per heavy atom. The summed E-state index contributed by atoms with van der Waals surface area (Å²) in [7, 11) is 3.19. The molecule has 2 aromatic rings. The first-order valence-corrected chi connectivity index (χ1v) is 6.68. The number of hydrogen-bond acceptors (Lipinski definition) is 4. The van der Waals surface area contributed by atoms with Crippen LogP contribution in [0.2, 0.25) is 0 Å². The van der Waals surface area contributed by atoms with Gasteiger partial charge in [-0.3, -0.25) is 4.79 Å². The van der Waals surface area contributed by atoms with Gasteiger partial charge in [0, 0.05) is 20.8 Å². The van der Waals surface area contributed by atoms with E-state index in [1.54, 1.807) is 26.4 Å². The molecule has 0 saturated heterocycles. The lowest BCUT2D eigenvalue weighted by Gasteiger charge is -2.16. The summed E-state index contributed by atoms with van der Waals surface area (Å²) in [6, 6.07) is 13.1. The minimum absolute atomic E-state index is 0.191. The molecule has 0 aliphatic carbocycles. The normalized spacial score (nSPS) is 12.1. The van der Waals surface area contributed by atoms with Gasteiger partial charge in [0.1, 0.15) is 12.4 Å². The second-order valence-electron chi connectivity index (χ2n) is 4.54. The number of hydrogen-bond donors (Lipinski definition) is 1. The molecule has 1 aromatic heterocycles. The molecule has 1 amide bonds. The smallest absolute Gasteiger partial charge is 0.287 e. The first-order chi connectivity index (χ1) is 10.2. The van der Waals surface area contributed by atoms with Crippen LogP contribution in [0.4, 0.5) is 0 Å². The van der Waals surface area contributed by atoms with Crippen molar-refractivity contribution in [1.82, 2.24) is 5.32 Å². The molecule has 0 bridgehead atoms. The molecule has 0 radical (unpaired) electrons. The summed E-state index contributed by atoms with van der Waals surface area (Å²) in [5, 5.41) is 2.81. The van der Waals surface area contributed by atoms with Crippen LogP contribution in [0.5, 0.6) is 0 Å². The molecule has 0 fully saturated rings. The van der Waals surface area contributed by atoms with Crippen molar-refractivity contribution in [3.8, 4) is 0 Å². The summed E-state index contributed by atoms with van der Waals surface area (Å²) in [5.41, 5.74) is 1.01. The summed E-state index contributed by atoms with van der Waals surface area (Å²) in [4.78, 5) is 12.0. The van der Waals surface area contributed by atoms with Crippen molar-refractivity contribution in [1.29, 1.82) is 0 Å². The Labute approximate surface area is 123 Å². The van der Waals surface area contributed by atoms with E-state index in [9.17, 15) is 4.79 Å². The SMILES string of the molecule is COCc1ccc(C(=O)NC[C@@H](OC)c2ccccc2)o1. The van der Waals surface area contributed by atoms with Crippen molar-refractivity contribution in [2.45, 2.75) is 12.7 Å². The molecule has 21 heavy (non-hydrogen) atoms. The molecule has 0 aliphatic rings. The summed E-state index contributed by atoms with van der Waals surface area (Å²) >= 11 is 0. The second kappa shape index (κ2) is 7.61. The van der Waals surface area contributed by atoms with Gasteiger partial charge in [0.25, 0.3) is 5.91 Å². The third-order valence-corrected chi connectivity index (χ3v) is 3.08. The monoisotopic (exact) mass is 289 g/mol. The third kappa shape index (κ3) is 4.18. The molecule has 0 aliphatic heterocycles. The molecular formula is C16H19NO4. The van der Waals surface area contributed by atoms with Gasteiger partial charge < -0.3 is 19.2 Å². The molecule has 0 spiro atoms. The van der Waals surface area contributed by atoms with Gasteiger partial charge in [-0.1, -0.05) is 30.3 Å². The fourth-order valence-electron chi connectivity index (χ4n) is 2.00. The summed E-state index contributed by atoms with van der Waals surface area (Å²) in [5.74, 6) is 0.620. The zero-order valence-corrected chi connectivity index (χ0v) is 12.2.